The van der Waals surface area contributed by atoms with Crippen LogP contribution in [-0.4, -0.2) is 0 Å². The van der Waals surface area contributed by atoms with Crippen LogP contribution < -0.4 is 0 Å². The summed E-state index contributed by atoms with van der Waals surface area (Å²) < 4.78 is 180. The van der Waals surface area contributed by atoms with E-state index in [0.717, 1.165) is 18.2 Å². The van der Waals surface area contributed by atoms with Gasteiger partial charge < -0.3 is 0 Å². The van der Waals surface area contributed by atoms with E-state index in [1.165, 1.54) is 0 Å². The van der Waals surface area contributed by atoms with Crippen molar-refractivity contribution < 1.29 is 84.4 Å². The molecule has 3 rings (SSSR count). The van der Waals surface area contributed by atoms with Crippen molar-refractivity contribution in [3.05, 3.63) is 105 Å². The Balaban J connectivity index is 0.000000473. The van der Waals surface area contributed by atoms with Gasteiger partial charge >= 0.3 is 0 Å². The first-order valence-corrected chi connectivity index (χ1v) is 7.33. The average molecular weight is 552 g/mol. The van der Waals surface area contributed by atoms with Gasteiger partial charge in [0.25, 0.3) is 0 Å². The zero-order valence-corrected chi connectivity index (χ0v) is 16.5. The standard InChI is InChI=1S/3C6F5.V/c3*7-2-1-3(8)5(10)6(11)4(2)9;/q3*-1;. The molecule has 16 heteroatoms. The van der Waals surface area contributed by atoms with E-state index in [4.69, 9.17) is 0 Å². The Hall–Kier alpha value is -2.81. The van der Waals surface area contributed by atoms with Crippen LogP contribution in [-0.2, 0) is 18.6 Å². The van der Waals surface area contributed by atoms with Crippen LogP contribution >= 0.6 is 0 Å². The molecule has 0 N–H and O–H groups in total. The summed E-state index contributed by atoms with van der Waals surface area (Å²) in [7, 11) is 0. The van der Waals surface area contributed by atoms with Crippen molar-refractivity contribution in [2.45, 2.75) is 0 Å². The zero-order chi connectivity index (χ0) is 25.8. The number of halogens is 15. The molecule has 0 aromatic heterocycles. The van der Waals surface area contributed by atoms with Crippen molar-refractivity contribution in [2.75, 3.05) is 0 Å². The number of rotatable bonds is 0. The third kappa shape index (κ3) is 7.09. The molecule has 3 aromatic carbocycles. The van der Waals surface area contributed by atoms with Crippen LogP contribution in [0, 0.1) is 105 Å². The second-order valence-electron chi connectivity index (χ2n) is 5.08. The predicted molar refractivity (Wildman–Crippen MR) is 75.2 cm³/mol. The molecule has 34 heavy (non-hydrogen) atoms. The van der Waals surface area contributed by atoms with Crippen LogP contribution in [0.4, 0.5) is 65.9 Å². The smallest absolute Gasteiger partial charge is 0.0893 e. The first-order valence-electron chi connectivity index (χ1n) is 7.33. The van der Waals surface area contributed by atoms with Gasteiger partial charge in [-0.05, 0) is 0 Å². The molecule has 3 aromatic rings. The van der Waals surface area contributed by atoms with E-state index in [2.05, 4.69) is 0 Å². The Kier molecular flexibility index (Phi) is 11.6. The monoisotopic (exact) mass is 552 g/mol. The topological polar surface area (TPSA) is 0 Å². The fraction of sp³-hybridized carbons (Fsp3) is 0. The molecule has 0 saturated carbocycles. The minimum atomic E-state index is -2.17. The average Bonchev–Trinajstić information content (AvgIpc) is 2.77. The third-order valence-corrected chi connectivity index (χ3v) is 2.97. The van der Waals surface area contributed by atoms with Gasteiger partial charge in [-0.2, -0.15) is 0 Å². The van der Waals surface area contributed by atoms with Gasteiger partial charge in [-0.3, -0.25) is 26.3 Å². The molecule has 0 spiro atoms. The van der Waals surface area contributed by atoms with E-state index in [-0.39, 0.29) is 18.6 Å². The molecule has 0 amide bonds. The minimum Gasteiger partial charge on any atom is -0.278 e. The van der Waals surface area contributed by atoms with Gasteiger partial charge in [0.15, 0.2) is 0 Å². The van der Waals surface area contributed by atoms with E-state index in [9.17, 15) is 65.9 Å². The molecular weight excluding hydrogens is 552 g/mol. The quantitative estimate of drug-likeness (QED) is 0.129. The molecule has 0 aliphatic rings. The van der Waals surface area contributed by atoms with Crippen LogP contribution in [0.3, 0.4) is 0 Å². The fourth-order valence-corrected chi connectivity index (χ4v) is 1.49. The number of hydrogen-bond acceptors (Lipinski definition) is 0. The van der Waals surface area contributed by atoms with Gasteiger partial charge in [0, 0.05) is 18.6 Å². The molecule has 0 nitrogen and oxygen atoms in total. The van der Waals surface area contributed by atoms with Gasteiger partial charge in [0.1, 0.15) is 0 Å². The molecule has 185 valence electrons. The van der Waals surface area contributed by atoms with Crippen molar-refractivity contribution in [3.63, 3.8) is 0 Å². The van der Waals surface area contributed by atoms with Gasteiger partial charge in [0.2, 0.25) is 0 Å². The van der Waals surface area contributed by atoms with E-state index >= 15 is 0 Å². The molecule has 0 atom stereocenters. The SMILES string of the molecule is Fc1[c-]c(F)c(F)c(F)c1F.Fc1[c-]c(F)c(F)c(F)c1F.Fc1[c-]c(F)c(F)c(F)c1F.[V]. The summed E-state index contributed by atoms with van der Waals surface area (Å²) in [5.41, 5.74) is 0. The maximum Gasteiger partial charge on any atom is 0.0893 e. The zero-order valence-electron chi connectivity index (χ0n) is 15.1. The van der Waals surface area contributed by atoms with Crippen molar-refractivity contribution >= 4 is 0 Å². The summed E-state index contributed by atoms with van der Waals surface area (Å²) in [4.78, 5) is 0. The van der Waals surface area contributed by atoms with Crippen molar-refractivity contribution in [2.24, 2.45) is 0 Å². The molecule has 0 fully saturated rings. The second-order valence-corrected chi connectivity index (χ2v) is 5.08. The van der Waals surface area contributed by atoms with Gasteiger partial charge in [-0.1, -0.05) is 0 Å². The normalized spacial score (nSPS) is 9.97. The van der Waals surface area contributed by atoms with E-state index in [1.54, 1.807) is 0 Å². The summed E-state index contributed by atoms with van der Waals surface area (Å²) in [6.45, 7) is 0. The summed E-state index contributed by atoms with van der Waals surface area (Å²) in [6.07, 6.45) is 0. The summed E-state index contributed by atoms with van der Waals surface area (Å²) in [6, 6.07) is 3.07. The Bertz CT molecular complexity index is 955. The molecular formula is C18F15V-3. The first-order chi connectivity index (χ1) is 15.1. The van der Waals surface area contributed by atoms with Gasteiger partial charge in [-0.15, -0.1) is 18.2 Å². The predicted octanol–water partition coefficient (Wildman–Crippen LogP) is 6.54. The summed E-state index contributed by atoms with van der Waals surface area (Å²) >= 11 is 0. The fourth-order valence-electron chi connectivity index (χ4n) is 1.49. The maximum absolute atomic E-state index is 12.0. The van der Waals surface area contributed by atoms with Crippen LogP contribution in [0.5, 0.6) is 0 Å². The van der Waals surface area contributed by atoms with E-state index in [1.807, 2.05) is 0 Å². The number of hydrogen-bond donors (Lipinski definition) is 0. The molecule has 0 aliphatic heterocycles. The van der Waals surface area contributed by atoms with Crippen LogP contribution in [0.2, 0.25) is 0 Å². The van der Waals surface area contributed by atoms with Crippen LogP contribution in [0.25, 0.3) is 0 Å². The molecule has 1 radical (unpaired) electrons. The van der Waals surface area contributed by atoms with Crippen molar-refractivity contribution in [1.29, 1.82) is 0 Å². The van der Waals surface area contributed by atoms with E-state index < -0.39 is 87.3 Å². The molecule has 0 unspecified atom stereocenters. The van der Waals surface area contributed by atoms with Crippen LogP contribution in [0.1, 0.15) is 0 Å². The first kappa shape index (κ1) is 31.2. The Labute approximate surface area is 190 Å². The molecule has 0 bridgehead atoms. The van der Waals surface area contributed by atoms with Gasteiger partial charge in [0.05, 0.1) is 87.3 Å². The Morgan fingerprint density at radius 3 is 0.471 bits per heavy atom. The maximum atomic E-state index is 12.0. The number of benzene rings is 3. The summed E-state index contributed by atoms with van der Waals surface area (Å²) in [5, 5.41) is 0. The van der Waals surface area contributed by atoms with Crippen LogP contribution in [0.15, 0.2) is 0 Å². The summed E-state index contributed by atoms with van der Waals surface area (Å²) in [5.74, 6) is -30.1. The largest absolute Gasteiger partial charge is 0.278 e. The van der Waals surface area contributed by atoms with Gasteiger partial charge in [-0.25, -0.2) is 39.5 Å². The Morgan fingerprint density at radius 2 is 0.353 bits per heavy atom. The molecule has 0 aliphatic carbocycles. The molecule has 0 heterocycles. The van der Waals surface area contributed by atoms with E-state index in [0.29, 0.717) is 0 Å². The third-order valence-electron chi connectivity index (χ3n) is 2.97. The van der Waals surface area contributed by atoms with Crippen molar-refractivity contribution in [3.8, 4) is 0 Å². The Morgan fingerprint density at radius 1 is 0.235 bits per heavy atom. The second kappa shape index (κ2) is 12.6. The molecule has 0 saturated heterocycles. The van der Waals surface area contributed by atoms with Crippen molar-refractivity contribution in [1.82, 2.24) is 0 Å². The minimum absolute atomic E-state index is 0.